The van der Waals surface area contributed by atoms with Gasteiger partial charge in [0.15, 0.2) is 35.7 Å². The van der Waals surface area contributed by atoms with Gasteiger partial charge in [-0.25, -0.2) is 13.7 Å². The Morgan fingerprint density at radius 1 is 0.444 bits per heavy atom. The minimum absolute atomic E-state index is 1.07. The fourth-order valence-electron chi connectivity index (χ4n) is 5.07. The molecule has 3 nitrogen and oxygen atoms in total. The number of rotatable bonds is 12. The molecule has 3 heterocycles. The topological polar surface area (TPSA) is 11.6 Å². The van der Waals surface area contributed by atoms with Crippen molar-refractivity contribution in [3.8, 4) is 0 Å². The van der Waals surface area contributed by atoms with Crippen LogP contribution >= 0.6 is 0 Å². The van der Waals surface area contributed by atoms with Crippen LogP contribution in [0.25, 0.3) is 0 Å². The van der Waals surface area contributed by atoms with Gasteiger partial charge < -0.3 is 0 Å². The van der Waals surface area contributed by atoms with E-state index in [0.717, 1.165) is 58.2 Å². The Kier molecular flexibility index (Phi) is 9.38. The van der Waals surface area contributed by atoms with Gasteiger partial charge in [0.25, 0.3) is 0 Å². The van der Waals surface area contributed by atoms with Crippen LogP contribution in [0.4, 0.5) is 0 Å². The van der Waals surface area contributed by atoms with E-state index in [1.807, 2.05) is 0 Å². The predicted molar refractivity (Wildman–Crippen MR) is 146 cm³/mol. The van der Waals surface area contributed by atoms with E-state index < -0.39 is 0 Å². The quantitative estimate of drug-likeness (QED) is 0.242. The van der Waals surface area contributed by atoms with Gasteiger partial charge >= 0.3 is 0 Å². The van der Waals surface area contributed by atoms with Crippen molar-refractivity contribution in [1.82, 2.24) is 0 Å². The van der Waals surface area contributed by atoms with Crippen molar-refractivity contribution in [2.75, 3.05) is 0 Å². The maximum Gasteiger partial charge on any atom is 0.178 e. The second kappa shape index (κ2) is 13.1. The highest BCUT2D eigenvalue weighted by atomic mass is 15.0. The lowest BCUT2D eigenvalue weighted by molar-refractivity contribution is -0.703. The molecule has 0 aliphatic carbocycles. The molecule has 4 rings (SSSR count). The molecule has 0 aliphatic rings. The summed E-state index contributed by atoms with van der Waals surface area (Å²) in [5.41, 5.74) is 8.45. The third kappa shape index (κ3) is 7.58. The molecule has 0 N–H and O–H groups in total. The van der Waals surface area contributed by atoms with Gasteiger partial charge in [-0.3, -0.25) is 0 Å². The van der Waals surface area contributed by atoms with Crippen molar-refractivity contribution in [1.29, 1.82) is 0 Å². The molecule has 0 fully saturated rings. The molecular weight excluding hydrogens is 438 g/mol. The smallest absolute Gasteiger partial charge is 0.178 e. The van der Waals surface area contributed by atoms with E-state index in [1.165, 1.54) is 33.8 Å². The van der Waals surface area contributed by atoms with E-state index >= 15 is 0 Å². The molecule has 0 aliphatic heterocycles. The number of pyridine rings is 3. The molecule has 0 unspecified atom stereocenters. The van der Waals surface area contributed by atoms with Crippen LogP contribution in [0.1, 0.15) is 53.0 Å². The summed E-state index contributed by atoms with van der Waals surface area (Å²) in [6.07, 6.45) is 13.5. The van der Waals surface area contributed by atoms with Crippen LogP contribution in [0.2, 0.25) is 0 Å². The minimum Gasteiger partial charge on any atom is -0.203 e. The molecule has 0 bridgehead atoms. The van der Waals surface area contributed by atoms with E-state index in [0.29, 0.717) is 0 Å². The summed E-state index contributed by atoms with van der Waals surface area (Å²) < 4.78 is 7.09. The van der Waals surface area contributed by atoms with Crippen LogP contribution in [0.3, 0.4) is 0 Å². The normalized spacial score (nSPS) is 11.1. The molecule has 186 valence electrons. The lowest BCUT2D eigenvalue weighted by Crippen LogP contribution is -2.36. The number of nitrogens with zero attached hydrogens (tertiary/aromatic N) is 3. The Morgan fingerprint density at radius 2 is 0.750 bits per heavy atom. The molecule has 0 radical (unpaired) electrons. The first-order valence-corrected chi connectivity index (χ1v) is 13.6. The highest BCUT2D eigenvalue weighted by Crippen LogP contribution is 2.16. The lowest BCUT2D eigenvalue weighted by atomic mass is 9.97. The SMILES string of the molecule is Cc1cccc[n+]1CCCc1cc(CCC[n+]2ccccc2C)cc(CCC[n+]2ccccc2C)c1. The van der Waals surface area contributed by atoms with Gasteiger partial charge in [0.2, 0.25) is 0 Å². The second-order valence-electron chi connectivity index (χ2n) is 10.1. The van der Waals surface area contributed by atoms with Gasteiger partial charge in [0, 0.05) is 76.4 Å². The molecule has 3 aromatic heterocycles. The third-order valence-electron chi connectivity index (χ3n) is 7.21. The lowest BCUT2D eigenvalue weighted by Gasteiger charge is -2.10. The highest BCUT2D eigenvalue weighted by molar-refractivity contribution is 5.30. The van der Waals surface area contributed by atoms with Crippen LogP contribution in [-0.2, 0) is 38.9 Å². The predicted octanol–water partition coefficient (Wildman–Crippen LogP) is 5.37. The summed E-state index contributed by atoms with van der Waals surface area (Å²) in [5, 5.41) is 0. The molecule has 0 atom stereocenters. The number of benzene rings is 1. The van der Waals surface area contributed by atoms with Gasteiger partial charge in [-0.2, -0.15) is 0 Å². The molecule has 0 spiro atoms. The summed E-state index contributed by atoms with van der Waals surface area (Å²) >= 11 is 0. The second-order valence-corrected chi connectivity index (χ2v) is 10.1. The molecule has 0 saturated carbocycles. The average Bonchev–Trinajstić information content (AvgIpc) is 2.87. The van der Waals surface area contributed by atoms with Crippen LogP contribution in [0, 0.1) is 20.8 Å². The summed E-state index contributed by atoms with van der Waals surface area (Å²) in [7, 11) is 0. The van der Waals surface area contributed by atoms with E-state index in [-0.39, 0.29) is 0 Å². The van der Waals surface area contributed by atoms with E-state index in [9.17, 15) is 0 Å². The standard InChI is InChI=1S/C33H42N3/c1-28-13-4-7-19-34(28)22-10-16-31-25-32(17-11-23-35-20-8-5-14-29(35)2)27-33(26-31)18-12-24-36-21-9-6-15-30(36)3/h4-9,13-15,19-21,25-27H,10-12,16-18,22-24H2,1-3H3/q+3. The summed E-state index contributed by atoms with van der Waals surface area (Å²) in [6.45, 7) is 9.78. The van der Waals surface area contributed by atoms with Gasteiger partial charge in [-0.05, 0) is 36.0 Å². The Labute approximate surface area is 217 Å². The number of aromatic nitrogens is 3. The number of hydrogen-bond donors (Lipinski definition) is 0. The van der Waals surface area contributed by atoms with Crippen LogP contribution in [0.5, 0.6) is 0 Å². The molecular formula is C33H42N3+3. The average molecular weight is 481 g/mol. The third-order valence-corrected chi connectivity index (χ3v) is 7.21. The minimum atomic E-state index is 1.07. The summed E-state index contributed by atoms with van der Waals surface area (Å²) in [4.78, 5) is 0. The molecule has 1 aromatic carbocycles. The van der Waals surface area contributed by atoms with Crippen molar-refractivity contribution in [3.05, 3.63) is 125 Å². The summed E-state index contributed by atoms with van der Waals surface area (Å²) in [6, 6.07) is 26.7. The Hall–Kier alpha value is -3.33. The highest BCUT2D eigenvalue weighted by Gasteiger charge is 2.10. The van der Waals surface area contributed by atoms with Crippen LogP contribution < -0.4 is 13.7 Å². The molecule has 4 aromatic rings. The zero-order chi connectivity index (χ0) is 25.2. The molecule has 0 saturated heterocycles. The zero-order valence-electron chi connectivity index (χ0n) is 22.4. The van der Waals surface area contributed by atoms with E-state index in [4.69, 9.17) is 0 Å². The van der Waals surface area contributed by atoms with E-state index in [1.54, 1.807) is 0 Å². The molecule has 0 amide bonds. The Bertz CT molecular complexity index is 1090. The van der Waals surface area contributed by atoms with Crippen molar-refractivity contribution in [2.45, 2.75) is 78.9 Å². The van der Waals surface area contributed by atoms with Crippen molar-refractivity contribution in [2.24, 2.45) is 0 Å². The summed E-state index contributed by atoms with van der Waals surface area (Å²) in [5.74, 6) is 0. The maximum absolute atomic E-state index is 2.46. The zero-order valence-corrected chi connectivity index (χ0v) is 22.4. The van der Waals surface area contributed by atoms with Crippen molar-refractivity contribution >= 4 is 0 Å². The Balaban J connectivity index is 1.41. The van der Waals surface area contributed by atoms with Gasteiger partial charge in [-0.15, -0.1) is 0 Å². The maximum atomic E-state index is 2.46. The Morgan fingerprint density at radius 3 is 1.03 bits per heavy atom. The van der Waals surface area contributed by atoms with Crippen molar-refractivity contribution < 1.29 is 13.7 Å². The molecule has 36 heavy (non-hydrogen) atoms. The monoisotopic (exact) mass is 480 g/mol. The largest absolute Gasteiger partial charge is 0.203 e. The van der Waals surface area contributed by atoms with E-state index in [2.05, 4.69) is 126 Å². The van der Waals surface area contributed by atoms with Gasteiger partial charge in [0.1, 0.15) is 19.6 Å². The van der Waals surface area contributed by atoms with Crippen LogP contribution in [0.15, 0.2) is 91.4 Å². The fourth-order valence-corrected chi connectivity index (χ4v) is 5.07. The van der Waals surface area contributed by atoms with Crippen LogP contribution in [-0.4, -0.2) is 0 Å². The van der Waals surface area contributed by atoms with Gasteiger partial charge in [-0.1, -0.05) is 36.4 Å². The first-order valence-electron chi connectivity index (χ1n) is 13.6. The number of hydrogen-bond acceptors (Lipinski definition) is 0. The fraction of sp³-hybridized carbons (Fsp3) is 0.364. The number of aryl methyl sites for hydroxylation is 9. The first kappa shape index (κ1) is 25.8. The van der Waals surface area contributed by atoms with Gasteiger partial charge in [0.05, 0.1) is 0 Å². The first-order chi connectivity index (χ1) is 17.6. The van der Waals surface area contributed by atoms with Crippen molar-refractivity contribution in [3.63, 3.8) is 0 Å². The molecule has 3 heteroatoms.